The maximum absolute atomic E-state index is 13.4. The lowest BCUT2D eigenvalue weighted by molar-refractivity contribution is -0.114. The predicted octanol–water partition coefficient (Wildman–Crippen LogP) is 2.23. The van der Waals surface area contributed by atoms with Gasteiger partial charge in [0.15, 0.2) is 0 Å². The first kappa shape index (κ1) is 13.2. The van der Waals surface area contributed by atoms with Gasteiger partial charge in [0.05, 0.1) is 17.4 Å². The number of anilines is 1. The number of fused-ring (bicyclic) bond motifs is 1. The van der Waals surface area contributed by atoms with Gasteiger partial charge in [0.25, 0.3) is 11.7 Å². The van der Waals surface area contributed by atoms with Gasteiger partial charge in [-0.1, -0.05) is 0 Å². The Hall–Kier alpha value is -1.75. The minimum absolute atomic E-state index is 0.155. The third kappa shape index (κ3) is 2.12. The van der Waals surface area contributed by atoms with Crippen molar-refractivity contribution in [3.8, 4) is 0 Å². The number of Topliss-reactive ketones (excluding diaryl/α,β-unsaturated/α-hetero) is 1. The van der Waals surface area contributed by atoms with E-state index in [1.165, 1.54) is 11.0 Å². The van der Waals surface area contributed by atoms with E-state index in [4.69, 9.17) is 4.74 Å². The van der Waals surface area contributed by atoms with E-state index in [9.17, 15) is 14.0 Å². The summed E-state index contributed by atoms with van der Waals surface area (Å²) in [4.78, 5) is 25.4. The van der Waals surface area contributed by atoms with Gasteiger partial charge in [-0.25, -0.2) is 4.39 Å². The van der Waals surface area contributed by atoms with Crippen molar-refractivity contribution in [2.45, 2.75) is 32.3 Å². The first-order chi connectivity index (χ1) is 9.58. The molecule has 0 N–H and O–H groups in total. The fourth-order valence-electron chi connectivity index (χ4n) is 2.96. The predicted molar refractivity (Wildman–Crippen MR) is 71.4 cm³/mol. The SMILES string of the molecule is Cc1cc(F)cc2c1N(CCC1CCCO1)C(=O)C2=O. The van der Waals surface area contributed by atoms with Gasteiger partial charge < -0.3 is 9.64 Å². The van der Waals surface area contributed by atoms with Crippen LogP contribution in [0.3, 0.4) is 0 Å². The van der Waals surface area contributed by atoms with Crippen LogP contribution in [0.4, 0.5) is 10.1 Å². The second-order valence-electron chi connectivity index (χ2n) is 5.33. The van der Waals surface area contributed by atoms with Crippen LogP contribution in [-0.2, 0) is 9.53 Å². The van der Waals surface area contributed by atoms with Crippen molar-refractivity contribution in [3.63, 3.8) is 0 Å². The number of hydrogen-bond acceptors (Lipinski definition) is 3. The number of halogens is 1. The minimum atomic E-state index is -0.616. The molecule has 2 aliphatic heterocycles. The fourth-order valence-corrected chi connectivity index (χ4v) is 2.96. The van der Waals surface area contributed by atoms with Gasteiger partial charge in [-0.15, -0.1) is 0 Å². The third-order valence-corrected chi connectivity index (χ3v) is 3.92. The summed E-state index contributed by atoms with van der Waals surface area (Å²) in [5.41, 5.74) is 1.35. The summed E-state index contributed by atoms with van der Waals surface area (Å²) in [6.07, 6.45) is 2.89. The first-order valence-corrected chi connectivity index (χ1v) is 6.86. The Morgan fingerprint density at radius 1 is 1.40 bits per heavy atom. The Balaban J connectivity index is 1.85. The van der Waals surface area contributed by atoms with E-state index >= 15 is 0 Å². The molecule has 0 aliphatic carbocycles. The molecule has 20 heavy (non-hydrogen) atoms. The topological polar surface area (TPSA) is 46.6 Å². The van der Waals surface area contributed by atoms with Gasteiger partial charge >= 0.3 is 0 Å². The second-order valence-corrected chi connectivity index (χ2v) is 5.33. The van der Waals surface area contributed by atoms with Crippen LogP contribution >= 0.6 is 0 Å². The summed E-state index contributed by atoms with van der Waals surface area (Å²) >= 11 is 0. The van der Waals surface area contributed by atoms with E-state index in [-0.39, 0.29) is 11.7 Å². The number of hydrogen-bond donors (Lipinski definition) is 0. The van der Waals surface area contributed by atoms with E-state index in [2.05, 4.69) is 0 Å². The highest BCUT2D eigenvalue weighted by atomic mass is 19.1. The molecule has 2 aliphatic rings. The lowest BCUT2D eigenvalue weighted by Gasteiger charge is -2.20. The Kier molecular flexibility index (Phi) is 3.30. The van der Waals surface area contributed by atoms with Crippen molar-refractivity contribution < 1.29 is 18.7 Å². The molecule has 0 saturated carbocycles. The maximum atomic E-state index is 13.4. The second kappa shape index (κ2) is 4.98. The third-order valence-electron chi connectivity index (χ3n) is 3.92. The van der Waals surface area contributed by atoms with Crippen LogP contribution in [0.15, 0.2) is 12.1 Å². The van der Waals surface area contributed by atoms with Crippen LogP contribution in [-0.4, -0.2) is 30.9 Å². The van der Waals surface area contributed by atoms with Crippen LogP contribution in [0.2, 0.25) is 0 Å². The summed E-state index contributed by atoms with van der Waals surface area (Å²) in [6, 6.07) is 2.50. The molecule has 0 radical (unpaired) electrons. The number of carbonyl (C=O) groups excluding carboxylic acids is 2. The molecule has 5 heteroatoms. The molecule has 1 unspecified atom stereocenters. The first-order valence-electron chi connectivity index (χ1n) is 6.86. The highest BCUT2D eigenvalue weighted by molar-refractivity contribution is 6.52. The summed E-state index contributed by atoms with van der Waals surface area (Å²) < 4.78 is 18.9. The number of amides is 1. The van der Waals surface area contributed by atoms with E-state index in [0.717, 1.165) is 25.5 Å². The number of nitrogens with zero attached hydrogens (tertiary/aromatic N) is 1. The monoisotopic (exact) mass is 277 g/mol. The molecular formula is C15H16FNO3. The average molecular weight is 277 g/mol. The zero-order valence-electron chi connectivity index (χ0n) is 11.3. The molecule has 1 saturated heterocycles. The van der Waals surface area contributed by atoms with E-state index < -0.39 is 17.5 Å². The minimum Gasteiger partial charge on any atom is -0.378 e. The maximum Gasteiger partial charge on any atom is 0.299 e. The molecule has 3 rings (SSSR count). The zero-order valence-corrected chi connectivity index (χ0v) is 11.3. The van der Waals surface area contributed by atoms with Gasteiger partial charge in [0.1, 0.15) is 5.82 Å². The summed E-state index contributed by atoms with van der Waals surface area (Å²) in [7, 11) is 0. The van der Waals surface area contributed by atoms with Gasteiger partial charge in [0, 0.05) is 13.2 Å². The van der Waals surface area contributed by atoms with Gasteiger partial charge in [0.2, 0.25) is 0 Å². The molecule has 1 aromatic carbocycles. The number of ether oxygens (including phenoxy) is 1. The van der Waals surface area contributed by atoms with E-state index in [1.54, 1.807) is 6.92 Å². The van der Waals surface area contributed by atoms with Crippen LogP contribution in [0.1, 0.15) is 35.2 Å². The molecule has 1 atom stereocenters. The quantitative estimate of drug-likeness (QED) is 0.796. The van der Waals surface area contributed by atoms with Crippen molar-refractivity contribution in [3.05, 3.63) is 29.1 Å². The number of benzene rings is 1. The standard InChI is InChI=1S/C15H16FNO3/c1-9-7-10(16)8-12-13(9)17(15(19)14(12)18)5-4-11-3-2-6-20-11/h7-8,11H,2-6H2,1H3. The largest absolute Gasteiger partial charge is 0.378 e. The van der Waals surface area contributed by atoms with Crippen molar-refractivity contribution in [2.75, 3.05) is 18.1 Å². The lowest BCUT2D eigenvalue weighted by atomic mass is 10.1. The molecule has 2 heterocycles. The van der Waals surface area contributed by atoms with Crippen molar-refractivity contribution in [2.24, 2.45) is 0 Å². The van der Waals surface area contributed by atoms with Crippen LogP contribution in [0, 0.1) is 12.7 Å². The molecule has 106 valence electrons. The zero-order chi connectivity index (χ0) is 14.3. The molecular weight excluding hydrogens is 261 g/mol. The fraction of sp³-hybridized carbons (Fsp3) is 0.467. The molecule has 0 bridgehead atoms. The molecule has 1 aromatic rings. The van der Waals surface area contributed by atoms with Gasteiger partial charge in [-0.2, -0.15) is 0 Å². The number of ketones is 1. The average Bonchev–Trinajstić information content (AvgIpc) is 2.98. The highest BCUT2D eigenvalue weighted by Gasteiger charge is 2.37. The Morgan fingerprint density at radius 2 is 2.20 bits per heavy atom. The lowest BCUT2D eigenvalue weighted by Crippen LogP contribution is -2.32. The normalized spacial score (nSPS) is 21.7. The van der Waals surface area contributed by atoms with E-state index in [0.29, 0.717) is 24.2 Å². The smallest absolute Gasteiger partial charge is 0.299 e. The molecule has 0 spiro atoms. The van der Waals surface area contributed by atoms with Crippen molar-refractivity contribution in [1.82, 2.24) is 0 Å². The van der Waals surface area contributed by atoms with E-state index in [1.807, 2.05) is 0 Å². The Morgan fingerprint density at radius 3 is 2.90 bits per heavy atom. The van der Waals surface area contributed by atoms with Crippen molar-refractivity contribution in [1.29, 1.82) is 0 Å². The molecule has 0 aromatic heterocycles. The number of carbonyl (C=O) groups is 2. The Labute approximate surface area is 116 Å². The van der Waals surface area contributed by atoms with Crippen molar-refractivity contribution >= 4 is 17.4 Å². The van der Waals surface area contributed by atoms with Crippen LogP contribution < -0.4 is 4.90 Å². The number of rotatable bonds is 3. The number of aryl methyl sites for hydroxylation is 1. The Bertz CT molecular complexity index is 579. The summed E-state index contributed by atoms with van der Waals surface area (Å²) in [5.74, 6) is -1.66. The molecule has 1 fully saturated rings. The summed E-state index contributed by atoms with van der Waals surface area (Å²) in [5, 5.41) is 0. The molecule has 4 nitrogen and oxygen atoms in total. The van der Waals surface area contributed by atoms with Gasteiger partial charge in [-0.3, -0.25) is 9.59 Å². The highest BCUT2D eigenvalue weighted by Crippen LogP contribution is 2.33. The van der Waals surface area contributed by atoms with Crippen LogP contribution in [0.5, 0.6) is 0 Å². The van der Waals surface area contributed by atoms with Gasteiger partial charge in [-0.05, 0) is 43.9 Å². The van der Waals surface area contributed by atoms with Crippen LogP contribution in [0.25, 0.3) is 0 Å². The summed E-state index contributed by atoms with van der Waals surface area (Å²) in [6.45, 7) is 2.92. The molecule has 1 amide bonds.